The average molecular weight is 536 g/mol. The molecule has 36 heavy (non-hydrogen) atoms. The molecule has 1 fully saturated rings. The van der Waals surface area contributed by atoms with Gasteiger partial charge < -0.3 is 10.0 Å². The first-order valence-electron chi connectivity index (χ1n) is 11.9. The van der Waals surface area contributed by atoms with Gasteiger partial charge in [0.05, 0.1) is 23.3 Å². The van der Waals surface area contributed by atoms with Gasteiger partial charge in [0.15, 0.2) is 0 Å². The Morgan fingerprint density at radius 1 is 1.06 bits per heavy atom. The Hall–Kier alpha value is -2.47. The predicted octanol–water partition coefficient (Wildman–Crippen LogP) is 2.97. The van der Waals surface area contributed by atoms with E-state index in [-0.39, 0.29) is 28.4 Å². The maximum atomic E-state index is 13.7. The van der Waals surface area contributed by atoms with E-state index in [0.717, 1.165) is 43.9 Å². The molecule has 0 saturated heterocycles. The number of fused-ring (bicyclic) bond motifs is 2. The summed E-state index contributed by atoms with van der Waals surface area (Å²) >= 11 is 0. The van der Waals surface area contributed by atoms with Crippen LogP contribution in [0.1, 0.15) is 61.9 Å². The summed E-state index contributed by atoms with van der Waals surface area (Å²) in [6.45, 7) is 3.21. The Kier molecular flexibility index (Phi) is 6.97. The molecule has 2 aromatic rings. The smallest absolute Gasteiger partial charge is 0.258 e. The van der Waals surface area contributed by atoms with Crippen molar-refractivity contribution in [1.82, 2.24) is 4.72 Å². The summed E-state index contributed by atoms with van der Waals surface area (Å²) in [6, 6.07) is 11.1. The highest BCUT2D eigenvalue weighted by Crippen LogP contribution is 2.50. The molecule has 1 aliphatic carbocycles. The molecule has 2 aromatic carbocycles. The van der Waals surface area contributed by atoms with Crippen LogP contribution in [0, 0.1) is 0 Å². The van der Waals surface area contributed by atoms with Gasteiger partial charge in [-0.3, -0.25) is 9.52 Å². The van der Waals surface area contributed by atoms with Crippen molar-refractivity contribution in [3.63, 3.8) is 0 Å². The third-order valence-corrected chi connectivity index (χ3v) is 9.18. The van der Waals surface area contributed by atoms with Crippen LogP contribution >= 0.6 is 0 Å². The third kappa shape index (κ3) is 5.44. The molecule has 0 bridgehead atoms. The zero-order chi connectivity index (χ0) is 26.4. The van der Waals surface area contributed by atoms with Gasteiger partial charge in [-0.15, -0.1) is 0 Å². The molecule has 2 aliphatic rings. The second kappa shape index (κ2) is 9.44. The second-order valence-corrected chi connectivity index (χ2v) is 13.9. The number of rotatable bonds is 7. The van der Waals surface area contributed by atoms with E-state index in [1.807, 2.05) is 6.07 Å². The number of aliphatic hydroxyl groups excluding tert-OH is 1. The lowest BCUT2D eigenvalue weighted by atomic mass is 9.70. The molecule has 1 amide bonds. The van der Waals surface area contributed by atoms with Crippen LogP contribution in [0.2, 0.25) is 0 Å². The normalized spacial score (nSPS) is 17.7. The van der Waals surface area contributed by atoms with Gasteiger partial charge in [0.2, 0.25) is 20.0 Å². The minimum Gasteiger partial charge on any atom is -0.394 e. The number of nitrogens with one attached hydrogen (secondary N) is 2. The molecule has 9 nitrogen and oxygen atoms in total. The minimum absolute atomic E-state index is 0.0608. The van der Waals surface area contributed by atoms with Gasteiger partial charge in [-0.1, -0.05) is 25.3 Å². The summed E-state index contributed by atoms with van der Waals surface area (Å²) in [5.74, 6) is -0.319. The molecule has 1 aliphatic heterocycles. The summed E-state index contributed by atoms with van der Waals surface area (Å²) in [7, 11) is -7.42. The van der Waals surface area contributed by atoms with E-state index in [0.29, 0.717) is 17.9 Å². The minimum atomic E-state index is -3.97. The topological polar surface area (TPSA) is 133 Å². The van der Waals surface area contributed by atoms with Gasteiger partial charge >= 0.3 is 0 Å². The van der Waals surface area contributed by atoms with Crippen molar-refractivity contribution in [3.05, 3.63) is 53.6 Å². The molecule has 196 valence electrons. The highest BCUT2D eigenvalue weighted by Gasteiger charge is 2.45. The summed E-state index contributed by atoms with van der Waals surface area (Å²) in [5, 5.41) is 9.46. The third-order valence-electron chi connectivity index (χ3n) is 6.88. The summed E-state index contributed by atoms with van der Waals surface area (Å²) in [6.07, 6.45) is 6.03. The molecule has 1 spiro atoms. The van der Waals surface area contributed by atoms with Gasteiger partial charge in [0.1, 0.15) is 0 Å². The van der Waals surface area contributed by atoms with Crippen molar-refractivity contribution in [2.45, 2.75) is 61.8 Å². The molecule has 1 saturated carbocycles. The Balaban J connectivity index is 1.71. The number of hydrogen-bond acceptors (Lipinski definition) is 6. The zero-order valence-electron chi connectivity index (χ0n) is 20.7. The van der Waals surface area contributed by atoms with Crippen LogP contribution in [-0.2, 0) is 25.5 Å². The highest BCUT2D eigenvalue weighted by molar-refractivity contribution is 7.92. The van der Waals surface area contributed by atoms with Gasteiger partial charge in [0.25, 0.3) is 5.91 Å². The van der Waals surface area contributed by atoms with E-state index >= 15 is 0 Å². The zero-order valence-corrected chi connectivity index (χ0v) is 22.4. The van der Waals surface area contributed by atoms with Crippen molar-refractivity contribution >= 4 is 37.3 Å². The molecule has 3 N–H and O–H groups in total. The number of carbonyl (C=O) groups is 1. The fraction of sp³-hybridized carbons (Fsp3) is 0.480. The van der Waals surface area contributed by atoms with E-state index in [1.54, 1.807) is 36.9 Å². The van der Waals surface area contributed by atoms with Crippen molar-refractivity contribution in [2.24, 2.45) is 0 Å². The first-order chi connectivity index (χ1) is 16.8. The molecule has 11 heteroatoms. The first kappa shape index (κ1) is 26.6. The number of sulfonamides is 2. The molecule has 1 heterocycles. The van der Waals surface area contributed by atoms with Gasteiger partial charge in [0, 0.05) is 28.9 Å². The second-order valence-electron chi connectivity index (χ2n) is 10.5. The quantitative estimate of drug-likeness (QED) is 0.499. The molecular weight excluding hydrogens is 502 g/mol. The molecular formula is C25H33N3O6S2. The van der Waals surface area contributed by atoms with Gasteiger partial charge in [-0.05, 0) is 68.7 Å². The van der Waals surface area contributed by atoms with E-state index in [2.05, 4.69) is 9.44 Å². The monoisotopic (exact) mass is 535 g/mol. The largest absolute Gasteiger partial charge is 0.394 e. The number of aliphatic hydroxyl groups is 1. The maximum absolute atomic E-state index is 13.7. The Labute approximate surface area is 213 Å². The fourth-order valence-electron chi connectivity index (χ4n) is 5.19. The maximum Gasteiger partial charge on any atom is 0.258 e. The molecule has 0 aromatic heterocycles. The molecule has 0 radical (unpaired) electrons. The van der Waals surface area contributed by atoms with Crippen LogP contribution in [-0.4, -0.2) is 52.8 Å². The van der Waals surface area contributed by atoms with Crippen LogP contribution in [0.4, 0.5) is 11.4 Å². The van der Waals surface area contributed by atoms with Crippen molar-refractivity contribution < 1.29 is 26.7 Å². The van der Waals surface area contributed by atoms with E-state index in [1.165, 1.54) is 18.2 Å². The standard InChI is InChI=1S/C25H33N3O6S2/c1-24(2,17-29)27-36(33,34)20-9-7-8-18(14-20)23(30)28-16-25(12-5-4-6-13-25)21-15-19(10-11-22(21)28)26-35(3,31)32/h7-11,14-15,26-27,29H,4-6,12-13,16-17H2,1-3H3. The fourth-order valence-corrected chi connectivity index (χ4v) is 7.20. The lowest BCUT2D eigenvalue weighted by molar-refractivity contribution is 0.0982. The van der Waals surface area contributed by atoms with E-state index < -0.39 is 25.6 Å². The summed E-state index contributed by atoms with van der Waals surface area (Å²) < 4.78 is 54.4. The number of anilines is 2. The van der Waals surface area contributed by atoms with E-state index in [9.17, 15) is 26.7 Å². The molecule has 0 unspecified atom stereocenters. The van der Waals surface area contributed by atoms with Crippen LogP contribution in [0.3, 0.4) is 0 Å². The Morgan fingerprint density at radius 2 is 1.75 bits per heavy atom. The van der Waals surface area contributed by atoms with Crippen molar-refractivity contribution in [2.75, 3.05) is 29.0 Å². The number of benzene rings is 2. The number of hydrogen-bond donors (Lipinski definition) is 3. The average Bonchev–Trinajstić information content (AvgIpc) is 3.10. The van der Waals surface area contributed by atoms with Gasteiger partial charge in [-0.25, -0.2) is 21.6 Å². The van der Waals surface area contributed by atoms with Crippen molar-refractivity contribution in [1.29, 1.82) is 0 Å². The number of carbonyl (C=O) groups excluding carboxylic acids is 1. The SMILES string of the molecule is CC(C)(CO)NS(=O)(=O)c1cccc(C(=O)N2CC3(CCCCC3)c3cc(NS(C)(=O)=O)ccc32)c1. The van der Waals surface area contributed by atoms with Crippen LogP contribution in [0.25, 0.3) is 0 Å². The van der Waals surface area contributed by atoms with Crippen LogP contribution < -0.4 is 14.3 Å². The number of amides is 1. The Morgan fingerprint density at radius 3 is 2.39 bits per heavy atom. The Bertz CT molecular complexity index is 1380. The van der Waals surface area contributed by atoms with Crippen LogP contribution in [0.15, 0.2) is 47.4 Å². The lowest BCUT2D eigenvalue weighted by Crippen LogP contribution is -2.46. The molecule has 4 rings (SSSR count). The summed E-state index contributed by atoms with van der Waals surface area (Å²) in [5.41, 5.74) is 1.03. The van der Waals surface area contributed by atoms with Crippen LogP contribution in [0.5, 0.6) is 0 Å². The lowest BCUT2D eigenvalue weighted by Gasteiger charge is -2.34. The predicted molar refractivity (Wildman–Crippen MR) is 139 cm³/mol. The number of nitrogens with zero attached hydrogens (tertiary/aromatic N) is 1. The summed E-state index contributed by atoms with van der Waals surface area (Å²) in [4.78, 5) is 15.4. The first-order valence-corrected chi connectivity index (χ1v) is 15.3. The van der Waals surface area contributed by atoms with Gasteiger partial charge in [-0.2, -0.15) is 0 Å². The highest BCUT2D eigenvalue weighted by atomic mass is 32.2. The van der Waals surface area contributed by atoms with Crippen molar-refractivity contribution in [3.8, 4) is 0 Å². The van der Waals surface area contributed by atoms with E-state index in [4.69, 9.17) is 0 Å². The molecule has 0 atom stereocenters.